The molecule has 0 aliphatic rings. The molecule has 2 aromatic rings. The van der Waals surface area contributed by atoms with Gasteiger partial charge in [-0.3, -0.25) is 0 Å². The lowest BCUT2D eigenvalue weighted by molar-refractivity contribution is 1.16. The third-order valence-electron chi connectivity index (χ3n) is 2.41. The Bertz CT molecular complexity index is 460. The summed E-state index contributed by atoms with van der Waals surface area (Å²) in [5.41, 5.74) is 2.76. The Balaban J connectivity index is 2.81. The fourth-order valence-electron chi connectivity index (χ4n) is 1.65. The number of thiol groups is 1. The first kappa shape index (κ1) is 10.5. The van der Waals surface area contributed by atoms with Gasteiger partial charge in [-0.25, -0.2) is 0 Å². The summed E-state index contributed by atoms with van der Waals surface area (Å²) in [7, 11) is 0. The molecule has 1 aromatic carbocycles. The second-order valence-corrected chi connectivity index (χ2v) is 5.14. The summed E-state index contributed by atoms with van der Waals surface area (Å²) in [6.07, 6.45) is 1.09. The highest BCUT2D eigenvalue weighted by Crippen LogP contribution is 2.34. The smallest absolute Gasteiger partial charge is 0.0349 e. The van der Waals surface area contributed by atoms with E-state index >= 15 is 0 Å². The first-order valence-corrected chi connectivity index (χ1v) is 6.99. The fourth-order valence-corrected chi connectivity index (χ4v) is 3.79. The first-order chi connectivity index (χ1) is 6.77. The molecule has 0 fully saturated rings. The quantitative estimate of drug-likeness (QED) is 0.603. The van der Waals surface area contributed by atoms with Crippen LogP contribution in [0.25, 0.3) is 10.1 Å². The van der Waals surface area contributed by atoms with Crippen molar-refractivity contribution in [2.45, 2.75) is 23.6 Å². The van der Waals surface area contributed by atoms with Crippen LogP contribution in [-0.4, -0.2) is 0 Å². The maximum atomic E-state index is 4.49. The van der Waals surface area contributed by atoms with Crippen LogP contribution >= 0.6 is 39.9 Å². The van der Waals surface area contributed by atoms with Crippen molar-refractivity contribution in [3.05, 3.63) is 28.6 Å². The van der Waals surface area contributed by atoms with Crippen molar-refractivity contribution in [1.82, 2.24) is 0 Å². The van der Waals surface area contributed by atoms with E-state index in [0.717, 1.165) is 16.6 Å². The van der Waals surface area contributed by atoms with Crippen molar-refractivity contribution in [1.29, 1.82) is 0 Å². The molecule has 14 heavy (non-hydrogen) atoms. The molecule has 0 amide bonds. The van der Waals surface area contributed by atoms with Crippen LogP contribution in [0.15, 0.2) is 22.4 Å². The van der Waals surface area contributed by atoms with Gasteiger partial charge in [0.25, 0.3) is 0 Å². The minimum atomic E-state index is 0.882. The fraction of sp³-hybridized carbons (Fsp3) is 0.273. The molecule has 0 aliphatic carbocycles. The van der Waals surface area contributed by atoms with Crippen molar-refractivity contribution in [3.63, 3.8) is 0 Å². The highest BCUT2D eigenvalue weighted by molar-refractivity contribution is 9.08. The van der Waals surface area contributed by atoms with Gasteiger partial charge in [0, 0.05) is 20.3 Å². The van der Waals surface area contributed by atoms with Crippen LogP contribution in [-0.2, 0) is 11.8 Å². The number of fused-ring (bicyclic) bond motifs is 1. The first-order valence-electron chi connectivity index (χ1n) is 4.54. The van der Waals surface area contributed by atoms with Crippen LogP contribution in [0, 0.1) is 0 Å². The molecule has 2 rings (SSSR count). The Kier molecular flexibility index (Phi) is 3.20. The molecule has 0 saturated heterocycles. The molecule has 0 bridgehead atoms. The summed E-state index contributed by atoms with van der Waals surface area (Å²) >= 11 is 9.84. The molecule has 0 nitrogen and oxygen atoms in total. The van der Waals surface area contributed by atoms with Gasteiger partial charge in [0.2, 0.25) is 0 Å². The van der Waals surface area contributed by atoms with Crippen LogP contribution in [0.4, 0.5) is 0 Å². The Labute approximate surface area is 102 Å². The summed E-state index contributed by atoms with van der Waals surface area (Å²) in [5, 5.41) is 4.54. The predicted octanol–water partition coefficient (Wildman–Crippen LogP) is 4.65. The van der Waals surface area contributed by atoms with Gasteiger partial charge in [-0.2, -0.15) is 0 Å². The highest BCUT2D eigenvalue weighted by atomic mass is 79.9. The van der Waals surface area contributed by atoms with E-state index in [2.05, 4.69) is 53.0 Å². The molecular weight excluding hydrogens is 276 g/mol. The summed E-state index contributed by atoms with van der Waals surface area (Å²) in [6, 6.07) is 4.24. The van der Waals surface area contributed by atoms with E-state index < -0.39 is 0 Å². The van der Waals surface area contributed by atoms with E-state index in [1.165, 1.54) is 21.2 Å². The second-order valence-electron chi connectivity index (χ2n) is 3.18. The number of hydrogen-bond acceptors (Lipinski definition) is 2. The molecule has 3 heteroatoms. The SMILES string of the molecule is CCc1csc2ccc(S)c(CBr)c12. The van der Waals surface area contributed by atoms with Gasteiger partial charge < -0.3 is 0 Å². The highest BCUT2D eigenvalue weighted by Gasteiger charge is 2.09. The Morgan fingerprint density at radius 2 is 2.21 bits per heavy atom. The van der Waals surface area contributed by atoms with Gasteiger partial charge >= 0.3 is 0 Å². The number of hydrogen-bond donors (Lipinski definition) is 1. The van der Waals surface area contributed by atoms with E-state index in [0.29, 0.717) is 0 Å². The zero-order valence-electron chi connectivity index (χ0n) is 7.88. The molecule has 0 spiro atoms. The summed E-state index contributed by atoms with van der Waals surface area (Å²) in [4.78, 5) is 1.09. The molecule has 74 valence electrons. The number of rotatable bonds is 2. The zero-order valence-corrected chi connectivity index (χ0v) is 11.2. The molecule has 0 unspecified atom stereocenters. The van der Waals surface area contributed by atoms with Crippen molar-refractivity contribution in [2.24, 2.45) is 0 Å². The van der Waals surface area contributed by atoms with Crippen LogP contribution in [0.5, 0.6) is 0 Å². The summed E-state index contributed by atoms with van der Waals surface area (Å²) in [5.74, 6) is 0. The third-order valence-corrected chi connectivity index (χ3v) is 4.39. The van der Waals surface area contributed by atoms with Gasteiger partial charge in [-0.1, -0.05) is 22.9 Å². The van der Waals surface area contributed by atoms with E-state index in [-0.39, 0.29) is 0 Å². The topological polar surface area (TPSA) is 0 Å². The van der Waals surface area contributed by atoms with E-state index in [4.69, 9.17) is 0 Å². The summed E-state index contributed by atoms with van der Waals surface area (Å²) in [6.45, 7) is 2.20. The van der Waals surface area contributed by atoms with Gasteiger partial charge in [0.1, 0.15) is 0 Å². The van der Waals surface area contributed by atoms with Crippen molar-refractivity contribution in [3.8, 4) is 0 Å². The van der Waals surface area contributed by atoms with Gasteiger partial charge in [0.05, 0.1) is 0 Å². The number of alkyl halides is 1. The Morgan fingerprint density at radius 3 is 2.86 bits per heavy atom. The third kappa shape index (κ3) is 1.62. The normalized spacial score (nSPS) is 11.1. The van der Waals surface area contributed by atoms with Crippen molar-refractivity contribution in [2.75, 3.05) is 0 Å². The largest absolute Gasteiger partial charge is 0.144 e. The average molecular weight is 287 g/mol. The molecule has 0 N–H and O–H groups in total. The zero-order chi connectivity index (χ0) is 10.1. The minimum absolute atomic E-state index is 0.882. The Hall–Kier alpha value is 0.01000. The van der Waals surface area contributed by atoms with Gasteiger partial charge in [0.15, 0.2) is 0 Å². The number of aryl methyl sites for hydroxylation is 1. The maximum absolute atomic E-state index is 4.49. The van der Waals surface area contributed by atoms with Crippen LogP contribution < -0.4 is 0 Å². The molecule has 0 saturated carbocycles. The molecule has 0 aliphatic heterocycles. The average Bonchev–Trinajstić information content (AvgIpc) is 2.61. The standard InChI is InChI=1S/C11H11BrS2/c1-2-7-6-14-10-4-3-9(13)8(5-12)11(7)10/h3-4,6,13H,2,5H2,1H3. The maximum Gasteiger partial charge on any atom is 0.0349 e. The number of halogens is 1. The van der Waals surface area contributed by atoms with Crippen LogP contribution in [0.1, 0.15) is 18.1 Å². The molecule has 0 atom stereocenters. The van der Waals surface area contributed by atoms with E-state index in [1.54, 1.807) is 0 Å². The second kappa shape index (κ2) is 4.25. The van der Waals surface area contributed by atoms with Crippen molar-refractivity contribution >= 4 is 50.0 Å². The van der Waals surface area contributed by atoms with E-state index in [9.17, 15) is 0 Å². The van der Waals surface area contributed by atoms with Crippen LogP contribution in [0.3, 0.4) is 0 Å². The lowest BCUT2D eigenvalue weighted by Crippen LogP contribution is -1.85. The number of benzene rings is 1. The molecule has 0 radical (unpaired) electrons. The summed E-state index contributed by atoms with van der Waals surface area (Å²) < 4.78 is 1.37. The lowest BCUT2D eigenvalue weighted by Gasteiger charge is -2.05. The van der Waals surface area contributed by atoms with Gasteiger partial charge in [-0.05, 0) is 35.1 Å². The molecule has 1 heterocycles. The van der Waals surface area contributed by atoms with E-state index in [1.807, 2.05) is 11.3 Å². The van der Waals surface area contributed by atoms with Gasteiger partial charge in [-0.15, -0.1) is 24.0 Å². The monoisotopic (exact) mass is 286 g/mol. The molecule has 1 aromatic heterocycles. The van der Waals surface area contributed by atoms with Crippen LogP contribution in [0.2, 0.25) is 0 Å². The van der Waals surface area contributed by atoms with Crippen molar-refractivity contribution < 1.29 is 0 Å². The molecular formula is C11H11BrS2. The Morgan fingerprint density at radius 1 is 1.43 bits per heavy atom. The number of thiophene rings is 1. The minimum Gasteiger partial charge on any atom is -0.144 e. The predicted molar refractivity (Wildman–Crippen MR) is 71.1 cm³/mol. The lowest BCUT2D eigenvalue weighted by atomic mass is 10.1.